The van der Waals surface area contributed by atoms with Crippen molar-refractivity contribution in [3.8, 4) is 0 Å². The minimum absolute atomic E-state index is 0.0187. The smallest absolute Gasteiger partial charge is 0.226 e. The Bertz CT molecular complexity index is 670. The van der Waals surface area contributed by atoms with E-state index in [0.717, 1.165) is 16.4 Å². The van der Waals surface area contributed by atoms with Crippen LogP contribution in [0.3, 0.4) is 0 Å². The van der Waals surface area contributed by atoms with Gasteiger partial charge in [0.25, 0.3) is 0 Å². The van der Waals surface area contributed by atoms with E-state index in [4.69, 9.17) is 4.42 Å². The van der Waals surface area contributed by atoms with E-state index in [0.29, 0.717) is 12.8 Å². The predicted molar refractivity (Wildman–Crippen MR) is 76.8 cm³/mol. The highest BCUT2D eigenvalue weighted by Crippen LogP contribution is 2.11. The first-order chi connectivity index (χ1) is 9.70. The lowest BCUT2D eigenvalue weighted by atomic mass is 10.2. The van der Waals surface area contributed by atoms with Gasteiger partial charge in [0, 0.05) is 30.2 Å². The molecule has 0 aliphatic heterocycles. The lowest BCUT2D eigenvalue weighted by Crippen LogP contribution is -2.35. The van der Waals surface area contributed by atoms with Gasteiger partial charge in [0.15, 0.2) is 4.96 Å². The largest absolute Gasteiger partial charge is 0.469 e. The second kappa shape index (κ2) is 5.50. The lowest BCUT2D eigenvalue weighted by Gasteiger charge is -2.11. The average molecular weight is 289 g/mol. The van der Waals surface area contributed by atoms with Crippen LogP contribution in [0.2, 0.25) is 0 Å². The Morgan fingerprint density at radius 1 is 1.60 bits per heavy atom. The van der Waals surface area contributed by atoms with Crippen LogP contribution >= 0.6 is 11.3 Å². The first kappa shape index (κ1) is 12.9. The van der Waals surface area contributed by atoms with E-state index >= 15 is 0 Å². The third-order valence-electron chi connectivity index (χ3n) is 2.98. The van der Waals surface area contributed by atoms with Crippen molar-refractivity contribution >= 4 is 22.2 Å². The van der Waals surface area contributed by atoms with Crippen molar-refractivity contribution in [2.24, 2.45) is 0 Å². The summed E-state index contributed by atoms with van der Waals surface area (Å²) in [5.41, 5.74) is 0.791. The van der Waals surface area contributed by atoms with Crippen molar-refractivity contribution in [1.29, 1.82) is 0 Å². The summed E-state index contributed by atoms with van der Waals surface area (Å²) in [6, 6.07) is 3.80. The molecule has 3 rings (SSSR count). The highest BCUT2D eigenvalue weighted by atomic mass is 32.1. The summed E-state index contributed by atoms with van der Waals surface area (Å²) < 4.78 is 7.20. The maximum absolute atomic E-state index is 12.0. The third-order valence-corrected chi connectivity index (χ3v) is 3.75. The number of amides is 1. The van der Waals surface area contributed by atoms with Crippen molar-refractivity contribution in [1.82, 2.24) is 14.7 Å². The molecular formula is C14H15N3O2S. The van der Waals surface area contributed by atoms with Gasteiger partial charge in [-0.1, -0.05) is 0 Å². The van der Waals surface area contributed by atoms with E-state index in [-0.39, 0.29) is 11.9 Å². The number of furan rings is 1. The molecule has 0 aromatic carbocycles. The van der Waals surface area contributed by atoms with Crippen LogP contribution in [-0.4, -0.2) is 21.3 Å². The summed E-state index contributed by atoms with van der Waals surface area (Å²) in [5, 5.41) is 4.93. The van der Waals surface area contributed by atoms with Gasteiger partial charge >= 0.3 is 0 Å². The second-order valence-corrected chi connectivity index (χ2v) is 5.63. The summed E-state index contributed by atoms with van der Waals surface area (Å²) in [5.74, 6) is 0.857. The molecule has 1 atom stereocenters. The molecule has 3 aromatic rings. The molecule has 1 amide bonds. The number of aromatic nitrogens is 2. The Morgan fingerprint density at radius 3 is 3.25 bits per heavy atom. The van der Waals surface area contributed by atoms with Crippen LogP contribution in [0, 0.1) is 0 Å². The Kier molecular flexibility index (Phi) is 3.56. The van der Waals surface area contributed by atoms with E-state index in [1.54, 1.807) is 17.6 Å². The maximum Gasteiger partial charge on any atom is 0.226 e. The van der Waals surface area contributed by atoms with Gasteiger partial charge in [0.2, 0.25) is 5.91 Å². The van der Waals surface area contributed by atoms with E-state index < -0.39 is 0 Å². The van der Waals surface area contributed by atoms with Crippen LogP contribution < -0.4 is 5.32 Å². The highest BCUT2D eigenvalue weighted by Gasteiger charge is 2.12. The topological polar surface area (TPSA) is 59.5 Å². The third kappa shape index (κ3) is 2.91. The molecule has 0 unspecified atom stereocenters. The summed E-state index contributed by atoms with van der Waals surface area (Å²) in [4.78, 5) is 17.3. The predicted octanol–water partition coefficient (Wildman–Crippen LogP) is 2.28. The van der Waals surface area contributed by atoms with E-state index in [1.165, 1.54) is 0 Å². The fourth-order valence-electron chi connectivity index (χ4n) is 2.13. The lowest BCUT2D eigenvalue weighted by molar-refractivity contribution is -0.121. The normalized spacial score (nSPS) is 12.7. The standard InChI is InChI=1S/C14H15N3O2S/c1-10(7-12-3-2-5-19-12)15-13(18)8-11-9-17-4-6-20-14(17)16-11/h2-6,9-10H,7-8H2,1H3,(H,15,18)/t10-/m1/s1. The Balaban J connectivity index is 1.55. The highest BCUT2D eigenvalue weighted by molar-refractivity contribution is 7.15. The van der Waals surface area contributed by atoms with Crippen molar-refractivity contribution in [3.63, 3.8) is 0 Å². The molecule has 0 saturated carbocycles. The summed E-state index contributed by atoms with van der Waals surface area (Å²) in [7, 11) is 0. The van der Waals surface area contributed by atoms with Gasteiger partial charge in [0.05, 0.1) is 18.4 Å². The van der Waals surface area contributed by atoms with Crippen molar-refractivity contribution in [2.45, 2.75) is 25.8 Å². The Hall–Kier alpha value is -2.08. The number of fused-ring (bicyclic) bond motifs is 1. The Labute approximate surface area is 120 Å². The molecule has 104 valence electrons. The first-order valence-electron chi connectivity index (χ1n) is 6.43. The maximum atomic E-state index is 12.0. The SMILES string of the molecule is C[C@H](Cc1ccco1)NC(=O)Cc1cn2ccsc2n1. The van der Waals surface area contributed by atoms with Gasteiger partial charge in [-0.05, 0) is 19.1 Å². The number of nitrogens with zero attached hydrogens (tertiary/aromatic N) is 2. The van der Waals surface area contributed by atoms with E-state index in [9.17, 15) is 4.79 Å². The van der Waals surface area contributed by atoms with E-state index in [1.807, 2.05) is 41.2 Å². The monoisotopic (exact) mass is 289 g/mol. The number of carbonyl (C=O) groups excluding carboxylic acids is 1. The summed E-state index contributed by atoms with van der Waals surface area (Å²) in [6.45, 7) is 1.96. The number of hydrogen-bond donors (Lipinski definition) is 1. The molecule has 0 fully saturated rings. The van der Waals surface area contributed by atoms with Gasteiger partial charge < -0.3 is 9.73 Å². The summed E-state index contributed by atoms with van der Waals surface area (Å²) >= 11 is 1.56. The zero-order valence-corrected chi connectivity index (χ0v) is 11.9. The number of rotatable bonds is 5. The van der Waals surface area contributed by atoms with Crippen LogP contribution in [-0.2, 0) is 17.6 Å². The first-order valence-corrected chi connectivity index (χ1v) is 7.31. The molecule has 0 radical (unpaired) electrons. The van der Waals surface area contributed by atoms with Crippen LogP contribution in [0.1, 0.15) is 18.4 Å². The number of carbonyl (C=O) groups is 1. The quantitative estimate of drug-likeness (QED) is 0.784. The Morgan fingerprint density at radius 2 is 2.50 bits per heavy atom. The van der Waals surface area contributed by atoms with Crippen LogP contribution in [0.25, 0.3) is 4.96 Å². The molecule has 1 N–H and O–H groups in total. The number of hydrogen-bond acceptors (Lipinski definition) is 4. The fourth-order valence-corrected chi connectivity index (χ4v) is 2.85. The van der Waals surface area contributed by atoms with Gasteiger partial charge in [0.1, 0.15) is 5.76 Å². The molecule has 0 saturated heterocycles. The number of imidazole rings is 1. The molecule has 0 spiro atoms. The zero-order valence-electron chi connectivity index (χ0n) is 11.1. The van der Waals surface area contributed by atoms with Crippen LogP contribution in [0.15, 0.2) is 40.6 Å². The molecule has 6 heteroatoms. The molecule has 20 heavy (non-hydrogen) atoms. The summed E-state index contributed by atoms with van der Waals surface area (Å²) in [6.07, 6.45) is 6.46. The van der Waals surface area contributed by atoms with Gasteiger partial charge in [-0.15, -0.1) is 11.3 Å². The van der Waals surface area contributed by atoms with Gasteiger partial charge in [-0.25, -0.2) is 4.98 Å². The van der Waals surface area contributed by atoms with Gasteiger partial charge in [-0.3, -0.25) is 9.20 Å². The van der Waals surface area contributed by atoms with Crippen molar-refractivity contribution < 1.29 is 9.21 Å². The molecule has 3 aromatic heterocycles. The molecule has 5 nitrogen and oxygen atoms in total. The second-order valence-electron chi connectivity index (χ2n) is 4.75. The molecule has 0 aliphatic carbocycles. The molecular weight excluding hydrogens is 274 g/mol. The number of nitrogens with one attached hydrogen (secondary N) is 1. The fraction of sp³-hybridized carbons (Fsp3) is 0.286. The van der Waals surface area contributed by atoms with Crippen molar-refractivity contribution in [2.75, 3.05) is 0 Å². The van der Waals surface area contributed by atoms with Crippen molar-refractivity contribution in [3.05, 3.63) is 47.6 Å². The zero-order chi connectivity index (χ0) is 13.9. The number of thiazole rings is 1. The van der Waals surface area contributed by atoms with Crippen LogP contribution in [0.5, 0.6) is 0 Å². The minimum Gasteiger partial charge on any atom is -0.469 e. The minimum atomic E-state index is -0.0187. The molecule has 0 bridgehead atoms. The van der Waals surface area contributed by atoms with Crippen LogP contribution in [0.4, 0.5) is 0 Å². The molecule has 0 aliphatic rings. The van der Waals surface area contributed by atoms with E-state index in [2.05, 4.69) is 10.3 Å². The average Bonchev–Trinajstić information content (AvgIpc) is 3.04. The molecule has 3 heterocycles. The van der Waals surface area contributed by atoms with Gasteiger partial charge in [-0.2, -0.15) is 0 Å².